The van der Waals surface area contributed by atoms with Crippen molar-refractivity contribution in [2.75, 3.05) is 0 Å². The summed E-state index contributed by atoms with van der Waals surface area (Å²) in [5.41, 5.74) is 8.49. The third-order valence-corrected chi connectivity index (χ3v) is 6.97. The van der Waals surface area contributed by atoms with Crippen molar-refractivity contribution in [2.45, 2.75) is 49.6 Å². The molecule has 0 saturated carbocycles. The Morgan fingerprint density at radius 2 is 1.81 bits per heavy atom. The van der Waals surface area contributed by atoms with E-state index in [-0.39, 0.29) is 5.41 Å². The Bertz CT molecular complexity index is 824. The normalized spacial score (nSPS) is 17.5. The zero-order chi connectivity index (χ0) is 18.9. The van der Waals surface area contributed by atoms with Crippen molar-refractivity contribution in [3.63, 3.8) is 0 Å². The van der Waals surface area contributed by atoms with E-state index in [9.17, 15) is 4.79 Å². The van der Waals surface area contributed by atoms with Crippen LogP contribution in [0.2, 0.25) is 0 Å². The second kappa shape index (κ2) is 7.77. The fourth-order valence-electron chi connectivity index (χ4n) is 3.69. The third kappa shape index (κ3) is 4.01. The molecule has 0 amide bonds. The monoisotopic (exact) mass is 421 g/mol. The van der Waals surface area contributed by atoms with Crippen molar-refractivity contribution in [1.82, 2.24) is 0 Å². The van der Waals surface area contributed by atoms with Gasteiger partial charge in [-0.1, -0.05) is 0 Å². The van der Waals surface area contributed by atoms with Gasteiger partial charge in [0.1, 0.15) is 0 Å². The summed E-state index contributed by atoms with van der Waals surface area (Å²) in [5.74, 6) is 0.422. The summed E-state index contributed by atoms with van der Waals surface area (Å²) in [6, 6.07) is 15.7. The van der Waals surface area contributed by atoms with E-state index in [1.165, 1.54) is 58.1 Å². The third-order valence-electron chi connectivity index (χ3n) is 5.30. The first-order valence-electron chi connectivity index (χ1n) is 9.40. The molecule has 0 aromatic heterocycles. The summed E-state index contributed by atoms with van der Waals surface area (Å²) in [6.07, 6.45) is 5.11. The molecule has 0 fully saturated rings. The number of carbonyl (C=O) groups is 1. The minimum absolute atomic E-state index is 0.178. The summed E-state index contributed by atoms with van der Waals surface area (Å²) in [6.45, 7) is 8.93. The van der Waals surface area contributed by atoms with Crippen molar-refractivity contribution in [3.8, 4) is 11.1 Å². The van der Waals surface area contributed by atoms with Crippen LogP contribution in [0.5, 0.6) is 0 Å². The van der Waals surface area contributed by atoms with E-state index in [2.05, 4.69) is 76.2 Å². The average molecular weight is 423 g/mol. The molecule has 0 aliphatic heterocycles. The average Bonchev–Trinajstić information content (AvgIpc) is 2.90. The van der Waals surface area contributed by atoms with Crippen LogP contribution in [0.25, 0.3) is 17.2 Å². The van der Waals surface area contributed by atoms with Crippen LogP contribution in [0.15, 0.2) is 48.0 Å². The summed E-state index contributed by atoms with van der Waals surface area (Å²) < 4.78 is 0.528. The van der Waals surface area contributed by atoms with E-state index in [0.29, 0.717) is 16.0 Å². The van der Waals surface area contributed by atoms with Crippen molar-refractivity contribution in [3.05, 3.63) is 64.7 Å². The van der Waals surface area contributed by atoms with Gasteiger partial charge in [0.2, 0.25) is 0 Å². The van der Waals surface area contributed by atoms with Gasteiger partial charge in [0, 0.05) is 0 Å². The SMILES string of the molecule is CC(CC=O)CC1=Cc2c(-c3ccc(C(C)(C)C)cc3)cccc2[CH]1[Zr]. The number of rotatable bonds is 5. The topological polar surface area (TPSA) is 17.1 Å². The van der Waals surface area contributed by atoms with E-state index >= 15 is 0 Å². The number of allylic oxidation sites excluding steroid dienone is 1. The standard InChI is InChI=1S/C24H27O.Zr/c1-17(12-13-25)14-18-15-20-6-5-7-22(23(20)16-18)19-8-10-21(11-9-19)24(2,3)4;/h5-11,13,15-17H,12,14H2,1-4H3;. The van der Waals surface area contributed by atoms with Crippen molar-refractivity contribution in [1.29, 1.82) is 0 Å². The Morgan fingerprint density at radius 1 is 1.12 bits per heavy atom. The van der Waals surface area contributed by atoms with E-state index in [1.54, 1.807) is 0 Å². The Hall–Kier alpha value is -1.27. The van der Waals surface area contributed by atoms with E-state index in [0.717, 1.165) is 12.7 Å². The molecule has 0 heterocycles. The van der Waals surface area contributed by atoms with Crippen LogP contribution in [-0.4, -0.2) is 6.29 Å². The van der Waals surface area contributed by atoms with Gasteiger partial charge in [-0.05, 0) is 0 Å². The maximum atomic E-state index is 10.8. The van der Waals surface area contributed by atoms with Crippen molar-refractivity contribution < 1.29 is 29.5 Å². The van der Waals surface area contributed by atoms with Crippen molar-refractivity contribution >= 4 is 12.4 Å². The van der Waals surface area contributed by atoms with Crippen LogP contribution >= 0.6 is 0 Å². The number of carbonyl (C=O) groups excluding carboxylic acids is 1. The first-order chi connectivity index (χ1) is 12.3. The van der Waals surface area contributed by atoms with Crippen molar-refractivity contribution in [2.24, 2.45) is 5.92 Å². The van der Waals surface area contributed by atoms with Gasteiger partial charge in [0.15, 0.2) is 0 Å². The number of fused-ring (bicyclic) bond motifs is 1. The molecule has 2 unspecified atom stereocenters. The Balaban J connectivity index is 1.95. The number of aldehydes is 1. The van der Waals surface area contributed by atoms with Crippen LogP contribution in [-0.2, 0) is 34.9 Å². The van der Waals surface area contributed by atoms with Gasteiger partial charge in [-0.15, -0.1) is 0 Å². The molecular formula is C24H27OZr. The fraction of sp³-hybridized carbons (Fsp3) is 0.375. The van der Waals surface area contributed by atoms with E-state index in [1.807, 2.05) is 0 Å². The van der Waals surface area contributed by atoms with Crippen LogP contribution in [0.4, 0.5) is 0 Å². The zero-order valence-electron chi connectivity index (χ0n) is 16.2. The molecular weight excluding hydrogens is 395 g/mol. The second-order valence-corrected chi connectivity index (χ2v) is 9.92. The molecule has 3 rings (SSSR count). The van der Waals surface area contributed by atoms with Gasteiger partial charge < -0.3 is 0 Å². The summed E-state index contributed by atoms with van der Waals surface area (Å²) in [5, 5.41) is 0. The number of hydrogen-bond acceptors (Lipinski definition) is 1. The van der Waals surface area contributed by atoms with E-state index in [4.69, 9.17) is 0 Å². The second-order valence-electron chi connectivity index (χ2n) is 8.50. The van der Waals surface area contributed by atoms with Gasteiger partial charge in [-0.3, -0.25) is 0 Å². The summed E-state index contributed by atoms with van der Waals surface area (Å²) in [7, 11) is 0. The van der Waals surface area contributed by atoms with Crippen LogP contribution in [0, 0.1) is 5.92 Å². The quantitative estimate of drug-likeness (QED) is 0.520. The Kier molecular flexibility index (Phi) is 5.82. The molecule has 1 aliphatic carbocycles. The molecule has 0 saturated heterocycles. The molecule has 0 bridgehead atoms. The van der Waals surface area contributed by atoms with E-state index < -0.39 is 0 Å². The van der Waals surface area contributed by atoms with Gasteiger partial charge in [-0.2, -0.15) is 0 Å². The predicted octanol–water partition coefficient (Wildman–Crippen LogP) is 6.25. The van der Waals surface area contributed by atoms with Gasteiger partial charge in [-0.25, -0.2) is 0 Å². The Morgan fingerprint density at radius 3 is 2.42 bits per heavy atom. The fourth-order valence-corrected chi connectivity index (χ4v) is 4.81. The van der Waals surface area contributed by atoms with Crippen LogP contribution < -0.4 is 0 Å². The molecule has 1 aliphatic rings. The zero-order valence-corrected chi connectivity index (χ0v) is 18.6. The molecule has 1 nitrogen and oxygen atoms in total. The minimum atomic E-state index is 0.178. The van der Waals surface area contributed by atoms with Gasteiger partial charge in [0.05, 0.1) is 0 Å². The van der Waals surface area contributed by atoms with Gasteiger partial charge >= 0.3 is 173 Å². The van der Waals surface area contributed by atoms with Gasteiger partial charge in [0.25, 0.3) is 0 Å². The molecule has 2 aromatic carbocycles. The number of benzene rings is 2. The van der Waals surface area contributed by atoms with Crippen LogP contribution in [0.1, 0.15) is 60.9 Å². The molecule has 26 heavy (non-hydrogen) atoms. The van der Waals surface area contributed by atoms with Crippen LogP contribution in [0.3, 0.4) is 0 Å². The molecule has 133 valence electrons. The molecule has 0 spiro atoms. The molecule has 2 aromatic rings. The summed E-state index contributed by atoms with van der Waals surface area (Å²) >= 11 is 1.53. The maximum absolute atomic E-state index is 10.8. The predicted molar refractivity (Wildman–Crippen MR) is 106 cm³/mol. The molecule has 0 N–H and O–H groups in total. The Labute approximate surface area is 172 Å². The first kappa shape index (κ1) is 19.5. The first-order valence-corrected chi connectivity index (χ1v) is 10.8. The molecule has 2 heteroatoms. The molecule has 2 atom stereocenters. The number of hydrogen-bond donors (Lipinski definition) is 0. The summed E-state index contributed by atoms with van der Waals surface area (Å²) in [4.78, 5) is 10.8. The molecule has 0 radical (unpaired) electrons.